The fourth-order valence-corrected chi connectivity index (χ4v) is 2.03. The minimum Gasteiger partial charge on any atom is -0.354 e. The van der Waals surface area contributed by atoms with Gasteiger partial charge in [-0.25, -0.2) is 13.8 Å². The highest BCUT2D eigenvalue weighted by atomic mass is 19.3. The second-order valence-corrected chi connectivity index (χ2v) is 4.39. The molecule has 0 unspecified atom stereocenters. The number of nitriles is 1. The Morgan fingerprint density at radius 3 is 2.65 bits per heavy atom. The molecule has 0 bridgehead atoms. The molecule has 0 aliphatic carbocycles. The minimum absolute atomic E-state index is 0.280. The van der Waals surface area contributed by atoms with Gasteiger partial charge in [0.2, 0.25) is 6.43 Å². The molecular formula is C12H13F2N3. The molecule has 0 saturated carbocycles. The second kappa shape index (κ2) is 4.28. The molecule has 0 N–H and O–H groups in total. The van der Waals surface area contributed by atoms with Gasteiger partial charge in [0, 0.05) is 18.8 Å². The number of hydrogen-bond donors (Lipinski definition) is 0. The van der Waals surface area contributed by atoms with E-state index in [0.29, 0.717) is 11.4 Å². The van der Waals surface area contributed by atoms with E-state index in [2.05, 4.69) is 11.1 Å². The molecule has 0 atom stereocenters. The van der Waals surface area contributed by atoms with E-state index in [1.54, 1.807) is 4.90 Å². The third-order valence-electron chi connectivity index (χ3n) is 3.00. The molecule has 0 amide bonds. The average Bonchev–Trinajstić information content (AvgIpc) is 2.13. The summed E-state index contributed by atoms with van der Waals surface area (Å²) in [6.07, 6.45) is -2.29. The zero-order valence-electron chi connectivity index (χ0n) is 9.74. The highest BCUT2D eigenvalue weighted by Gasteiger charge is 2.35. The summed E-state index contributed by atoms with van der Waals surface area (Å²) in [6, 6.07) is 3.92. The minimum atomic E-state index is -2.29. The first-order valence-electron chi connectivity index (χ1n) is 5.44. The molecule has 1 aromatic rings. The van der Waals surface area contributed by atoms with Gasteiger partial charge in [-0.15, -0.1) is 0 Å². The number of pyridine rings is 1. The summed E-state index contributed by atoms with van der Waals surface area (Å²) in [4.78, 5) is 6.02. The van der Waals surface area contributed by atoms with Crippen molar-refractivity contribution < 1.29 is 8.78 Å². The summed E-state index contributed by atoms with van der Waals surface area (Å²) in [5.41, 5.74) is 2.14. The van der Waals surface area contributed by atoms with Crippen molar-refractivity contribution >= 4 is 5.82 Å². The van der Waals surface area contributed by atoms with Crippen LogP contribution in [0.3, 0.4) is 0 Å². The number of hydrogen-bond acceptors (Lipinski definition) is 3. The van der Waals surface area contributed by atoms with E-state index in [1.165, 1.54) is 0 Å². The molecule has 2 rings (SSSR count). The van der Waals surface area contributed by atoms with Gasteiger partial charge in [0.05, 0.1) is 11.5 Å². The highest BCUT2D eigenvalue weighted by Crippen LogP contribution is 2.30. The van der Waals surface area contributed by atoms with Gasteiger partial charge < -0.3 is 4.90 Å². The van der Waals surface area contributed by atoms with Gasteiger partial charge in [0.1, 0.15) is 11.9 Å². The molecule has 1 aliphatic rings. The molecule has 17 heavy (non-hydrogen) atoms. The predicted octanol–water partition coefficient (Wildman–Crippen LogP) is 2.27. The predicted molar refractivity (Wildman–Crippen MR) is 60.1 cm³/mol. The molecule has 0 aromatic carbocycles. The Labute approximate surface area is 98.7 Å². The van der Waals surface area contributed by atoms with Crippen molar-refractivity contribution in [3.8, 4) is 6.07 Å². The lowest BCUT2D eigenvalue weighted by molar-refractivity contribution is 0.0611. The molecule has 1 saturated heterocycles. The first-order chi connectivity index (χ1) is 8.02. The monoisotopic (exact) mass is 237 g/mol. The summed E-state index contributed by atoms with van der Waals surface area (Å²) in [6.45, 7) is 4.23. The van der Waals surface area contributed by atoms with Gasteiger partial charge in [-0.2, -0.15) is 5.26 Å². The van der Waals surface area contributed by atoms with Crippen LogP contribution in [0, 0.1) is 31.1 Å². The van der Waals surface area contributed by atoms with E-state index in [4.69, 9.17) is 5.26 Å². The normalized spacial score (nSPS) is 15.9. The molecule has 3 nitrogen and oxygen atoms in total. The summed E-state index contributed by atoms with van der Waals surface area (Å²) >= 11 is 0. The molecule has 2 heterocycles. The van der Waals surface area contributed by atoms with E-state index in [0.717, 1.165) is 11.3 Å². The van der Waals surface area contributed by atoms with E-state index >= 15 is 0 Å². The molecule has 5 heteroatoms. The van der Waals surface area contributed by atoms with Crippen molar-refractivity contribution in [2.75, 3.05) is 18.0 Å². The SMILES string of the molecule is Cc1cc(C)c(C#N)c(N2CC(C(F)F)C2)n1. The fourth-order valence-electron chi connectivity index (χ4n) is 2.03. The van der Waals surface area contributed by atoms with Crippen LogP contribution in [-0.2, 0) is 0 Å². The van der Waals surface area contributed by atoms with Crippen molar-refractivity contribution in [1.29, 1.82) is 5.26 Å². The molecule has 90 valence electrons. The van der Waals surface area contributed by atoms with Crippen LogP contribution in [0.2, 0.25) is 0 Å². The van der Waals surface area contributed by atoms with E-state index in [9.17, 15) is 8.78 Å². The highest BCUT2D eigenvalue weighted by molar-refractivity contribution is 5.59. The number of halogens is 2. The Balaban J connectivity index is 2.26. The summed E-state index contributed by atoms with van der Waals surface area (Å²) in [5.74, 6) is -0.0499. The van der Waals surface area contributed by atoms with Gasteiger partial charge >= 0.3 is 0 Å². The van der Waals surface area contributed by atoms with E-state index in [-0.39, 0.29) is 13.1 Å². The van der Waals surface area contributed by atoms with Crippen molar-refractivity contribution in [3.05, 3.63) is 22.9 Å². The van der Waals surface area contributed by atoms with Gasteiger partial charge in [-0.05, 0) is 25.5 Å². The van der Waals surface area contributed by atoms with E-state index < -0.39 is 12.3 Å². The van der Waals surface area contributed by atoms with Crippen LogP contribution < -0.4 is 4.90 Å². The van der Waals surface area contributed by atoms with E-state index in [1.807, 2.05) is 19.9 Å². The molecule has 1 fully saturated rings. The van der Waals surface area contributed by atoms with Crippen LogP contribution in [0.25, 0.3) is 0 Å². The van der Waals surface area contributed by atoms with Crippen LogP contribution >= 0.6 is 0 Å². The lowest BCUT2D eigenvalue weighted by Crippen LogP contribution is -2.50. The van der Waals surface area contributed by atoms with Gasteiger partial charge in [0.15, 0.2) is 0 Å². The second-order valence-electron chi connectivity index (χ2n) is 4.39. The number of rotatable bonds is 2. The Hall–Kier alpha value is -1.70. The lowest BCUT2D eigenvalue weighted by Gasteiger charge is -2.40. The van der Waals surface area contributed by atoms with Crippen LogP contribution in [0.1, 0.15) is 16.8 Å². The number of anilines is 1. The quantitative estimate of drug-likeness (QED) is 0.792. The van der Waals surface area contributed by atoms with Crippen molar-refractivity contribution in [3.63, 3.8) is 0 Å². The maximum absolute atomic E-state index is 12.4. The van der Waals surface area contributed by atoms with Crippen molar-refractivity contribution in [2.24, 2.45) is 5.92 Å². The topological polar surface area (TPSA) is 39.9 Å². The van der Waals surface area contributed by atoms with Gasteiger partial charge in [-0.3, -0.25) is 0 Å². The number of aromatic nitrogens is 1. The van der Waals surface area contributed by atoms with Gasteiger partial charge in [0.25, 0.3) is 0 Å². The largest absolute Gasteiger partial charge is 0.354 e. The Kier molecular flexibility index (Phi) is 2.97. The zero-order chi connectivity index (χ0) is 12.6. The fraction of sp³-hybridized carbons (Fsp3) is 0.500. The Morgan fingerprint density at radius 2 is 2.12 bits per heavy atom. The summed E-state index contributed by atoms with van der Waals surface area (Å²) in [5, 5.41) is 9.07. The maximum Gasteiger partial charge on any atom is 0.244 e. The number of alkyl halides is 2. The molecular weight excluding hydrogens is 224 g/mol. The lowest BCUT2D eigenvalue weighted by atomic mass is 9.99. The van der Waals surface area contributed by atoms with Crippen LogP contribution in [0.15, 0.2) is 6.07 Å². The van der Waals surface area contributed by atoms with Crippen LogP contribution in [0.4, 0.5) is 14.6 Å². The number of aryl methyl sites for hydroxylation is 2. The Morgan fingerprint density at radius 1 is 1.47 bits per heavy atom. The maximum atomic E-state index is 12.4. The Bertz CT molecular complexity index is 473. The zero-order valence-corrected chi connectivity index (χ0v) is 9.74. The summed E-state index contributed by atoms with van der Waals surface area (Å²) < 4.78 is 24.8. The molecule has 0 radical (unpaired) electrons. The standard InChI is InChI=1S/C12H13F2N3/c1-7-3-8(2)16-12(10(7)4-15)17-5-9(6-17)11(13)14/h3,9,11H,5-6H2,1-2H3. The van der Waals surface area contributed by atoms with Crippen molar-refractivity contribution in [1.82, 2.24) is 4.98 Å². The first kappa shape index (κ1) is 11.8. The van der Waals surface area contributed by atoms with Crippen molar-refractivity contribution in [2.45, 2.75) is 20.3 Å². The molecule has 1 aliphatic heterocycles. The molecule has 0 spiro atoms. The van der Waals surface area contributed by atoms with Crippen LogP contribution in [0.5, 0.6) is 0 Å². The molecule has 1 aromatic heterocycles. The van der Waals surface area contributed by atoms with Crippen LogP contribution in [-0.4, -0.2) is 24.5 Å². The number of nitrogens with zero attached hydrogens (tertiary/aromatic N) is 3. The summed E-state index contributed by atoms with van der Waals surface area (Å²) in [7, 11) is 0. The smallest absolute Gasteiger partial charge is 0.244 e. The average molecular weight is 237 g/mol. The third kappa shape index (κ3) is 2.07. The van der Waals surface area contributed by atoms with Gasteiger partial charge in [-0.1, -0.05) is 0 Å². The third-order valence-corrected chi connectivity index (χ3v) is 3.00. The first-order valence-corrected chi connectivity index (χ1v) is 5.44.